The summed E-state index contributed by atoms with van der Waals surface area (Å²) in [5, 5.41) is 0. The molecule has 0 radical (unpaired) electrons. The van der Waals surface area contributed by atoms with Gasteiger partial charge in [-0.2, -0.15) is 0 Å². The van der Waals surface area contributed by atoms with Crippen LogP contribution >= 0.6 is 0 Å². The van der Waals surface area contributed by atoms with Gasteiger partial charge in [0.25, 0.3) is 0 Å². The number of imidazole rings is 1. The van der Waals surface area contributed by atoms with Crippen molar-refractivity contribution in [3.05, 3.63) is 30.6 Å². The Morgan fingerprint density at radius 1 is 1.12 bits per heavy atom. The third-order valence-electron chi connectivity index (χ3n) is 3.00. The molecule has 86 valence electrons. The van der Waals surface area contributed by atoms with Gasteiger partial charge in [-0.15, -0.1) is 0 Å². The Hall–Kier alpha value is -1.31. The third kappa shape index (κ3) is 2.11. The minimum atomic E-state index is 1.11. The van der Waals surface area contributed by atoms with Crippen LogP contribution in [0.15, 0.2) is 30.6 Å². The molecule has 0 spiro atoms. The molecular formula is C14H21N2+. The average Bonchev–Trinajstić information content (AvgIpc) is 2.66. The summed E-state index contributed by atoms with van der Waals surface area (Å²) in [7, 11) is 0. The van der Waals surface area contributed by atoms with Crippen molar-refractivity contribution in [1.82, 2.24) is 4.57 Å². The Bertz CT molecular complexity index is 457. The fraction of sp³-hybridized carbons (Fsp3) is 0.500. The Morgan fingerprint density at radius 2 is 1.94 bits per heavy atom. The molecule has 0 saturated heterocycles. The van der Waals surface area contributed by atoms with Gasteiger partial charge in [0.15, 0.2) is 11.0 Å². The maximum absolute atomic E-state index is 2.38. The van der Waals surface area contributed by atoms with Crippen molar-refractivity contribution < 1.29 is 4.57 Å². The first-order chi connectivity index (χ1) is 7.86. The van der Waals surface area contributed by atoms with E-state index in [0.717, 1.165) is 13.1 Å². The van der Waals surface area contributed by atoms with Crippen molar-refractivity contribution in [3.63, 3.8) is 0 Å². The van der Waals surface area contributed by atoms with Crippen LogP contribution in [-0.2, 0) is 13.1 Å². The Kier molecular flexibility index (Phi) is 3.60. The summed E-state index contributed by atoms with van der Waals surface area (Å²) in [6, 6.07) is 8.68. The van der Waals surface area contributed by atoms with Gasteiger partial charge in [-0.1, -0.05) is 32.4 Å². The number of aromatic nitrogens is 2. The molecule has 0 N–H and O–H groups in total. The monoisotopic (exact) mass is 217 g/mol. The van der Waals surface area contributed by atoms with Crippen molar-refractivity contribution in [3.8, 4) is 0 Å². The lowest BCUT2D eigenvalue weighted by molar-refractivity contribution is -0.672. The van der Waals surface area contributed by atoms with Gasteiger partial charge in [-0.25, -0.2) is 9.13 Å². The molecule has 2 aromatic rings. The van der Waals surface area contributed by atoms with Gasteiger partial charge in [-0.3, -0.25) is 0 Å². The van der Waals surface area contributed by atoms with Gasteiger partial charge in [0, 0.05) is 0 Å². The molecule has 1 heterocycles. The van der Waals surface area contributed by atoms with Crippen LogP contribution in [-0.4, -0.2) is 4.57 Å². The first kappa shape index (κ1) is 11.2. The van der Waals surface area contributed by atoms with Crippen molar-refractivity contribution in [1.29, 1.82) is 0 Å². The standard InChI is InChI=1S/C14H21N2/c1-3-5-11-16-12-15(10-4-2)13-8-6-7-9-14(13)16/h6-9,12H,3-5,10-11H2,1-2H3/q+1. The molecule has 0 amide bonds. The molecular weight excluding hydrogens is 196 g/mol. The minimum Gasteiger partial charge on any atom is -0.230 e. The fourth-order valence-corrected chi connectivity index (χ4v) is 2.17. The zero-order valence-electron chi connectivity index (χ0n) is 10.3. The van der Waals surface area contributed by atoms with E-state index < -0.39 is 0 Å². The zero-order chi connectivity index (χ0) is 11.4. The normalized spacial score (nSPS) is 11.1. The number of hydrogen-bond acceptors (Lipinski definition) is 0. The second-order valence-corrected chi connectivity index (χ2v) is 4.34. The van der Waals surface area contributed by atoms with Crippen LogP contribution < -0.4 is 4.57 Å². The van der Waals surface area contributed by atoms with E-state index in [1.165, 1.54) is 30.3 Å². The van der Waals surface area contributed by atoms with E-state index in [4.69, 9.17) is 0 Å². The second kappa shape index (κ2) is 5.15. The Morgan fingerprint density at radius 3 is 2.69 bits per heavy atom. The van der Waals surface area contributed by atoms with Crippen LogP contribution in [0.5, 0.6) is 0 Å². The number of benzene rings is 1. The van der Waals surface area contributed by atoms with Crippen LogP contribution in [0.3, 0.4) is 0 Å². The molecule has 0 bridgehead atoms. The van der Waals surface area contributed by atoms with Gasteiger partial charge in [0.05, 0.1) is 13.1 Å². The van der Waals surface area contributed by atoms with E-state index in [2.05, 4.69) is 53.6 Å². The second-order valence-electron chi connectivity index (χ2n) is 4.34. The number of nitrogens with zero attached hydrogens (tertiary/aromatic N) is 2. The summed E-state index contributed by atoms with van der Waals surface area (Å²) in [4.78, 5) is 0. The van der Waals surface area contributed by atoms with Crippen LogP contribution in [0.4, 0.5) is 0 Å². The molecule has 16 heavy (non-hydrogen) atoms. The predicted octanol–water partition coefficient (Wildman–Crippen LogP) is 3.14. The molecule has 0 aliphatic rings. The number of aryl methyl sites for hydroxylation is 2. The third-order valence-corrected chi connectivity index (χ3v) is 3.00. The molecule has 0 atom stereocenters. The number of fused-ring (bicyclic) bond motifs is 1. The highest BCUT2D eigenvalue weighted by atomic mass is 15.1. The lowest BCUT2D eigenvalue weighted by atomic mass is 10.3. The molecule has 0 aliphatic heterocycles. The Balaban J connectivity index is 2.40. The van der Waals surface area contributed by atoms with E-state index in [1.54, 1.807) is 0 Å². The van der Waals surface area contributed by atoms with E-state index in [0.29, 0.717) is 0 Å². The minimum absolute atomic E-state index is 1.11. The average molecular weight is 217 g/mol. The highest BCUT2D eigenvalue weighted by molar-refractivity contribution is 5.71. The largest absolute Gasteiger partial charge is 0.244 e. The summed E-state index contributed by atoms with van der Waals surface area (Å²) < 4.78 is 4.75. The number of unbranched alkanes of at least 4 members (excludes halogenated alkanes) is 1. The number of hydrogen-bond donors (Lipinski definition) is 0. The van der Waals surface area contributed by atoms with Gasteiger partial charge in [-0.05, 0) is 25.0 Å². The molecule has 2 heteroatoms. The van der Waals surface area contributed by atoms with E-state index in [9.17, 15) is 0 Å². The zero-order valence-corrected chi connectivity index (χ0v) is 10.3. The molecule has 1 aromatic carbocycles. The summed E-state index contributed by atoms with van der Waals surface area (Å²) >= 11 is 0. The molecule has 2 rings (SSSR count). The number of para-hydroxylation sites is 2. The van der Waals surface area contributed by atoms with Crippen molar-refractivity contribution in [2.24, 2.45) is 0 Å². The smallest absolute Gasteiger partial charge is 0.230 e. The Labute approximate surface area is 97.5 Å². The molecule has 0 saturated carbocycles. The van der Waals surface area contributed by atoms with Gasteiger partial charge < -0.3 is 0 Å². The highest BCUT2D eigenvalue weighted by Crippen LogP contribution is 2.11. The lowest BCUT2D eigenvalue weighted by Crippen LogP contribution is -2.31. The maximum atomic E-state index is 2.38. The van der Waals surface area contributed by atoms with Crippen LogP contribution in [0, 0.1) is 0 Å². The molecule has 0 aliphatic carbocycles. The SMILES string of the molecule is CCCCn1c[n+](CCC)c2ccccc21. The van der Waals surface area contributed by atoms with Crippen molar-refractivity contribution in [2.45, 2.75) is 46.2 Å². The van der Waals surface area contributed by atoms with E-state index in [1.807, 2.05) is 0 Å². The van der Waals surface area contributed by atoms with Gasteiger partial charge >= 0.3 is 0 Å². The maximum Gasteiger partial charge on any atom is 0.244 e. The van der Waals surface area contributed by atoms with Crippen LogP contribution in [0.1, 0.15) is 33.1 Å². The molecule has 2 nitrogen and oxygen atoms in total. The fourth-order valence-electron chi connectivity index (χ4n) is 2.17. The van der Waals surface area contributed by atoms with Crippen molar-refractivity contribution >= 4 is 11.0 Å². The predicted molar refractivity (Wildman–Crippen MR) is 67.3 cm³/mol. The summed E-state index contributed by atoms with van der Waals surface area (Å²) in [6.45, 7) is 6.71. The van der Waals surface area contributed by atoms with E-state index >= 15 is 0 Å². The van der Waals surface area contributed by atoms with Crippen LogP contribution in [0.2, 0.25) is 0 Å². The highest BCUT2D eigenvalue weighted by Gasteiger charge is 2.13. The number of rotatable bonds is 5. The summed E-state index contributed by atoms with van der Waals surface area (Å²) in [6.07, 6.45) is 5.96. The first-order valence-corrected chi connectivity index (χ1v) is 6.34. The quantitative estimate of drug-likeness (QED) is 0.680. The van der Waals surface area contributed by atoms with Gasteiger partial charge in [0.1, 0.15) is 0 Å². The van der Waals surface area contributed by atoms with Gasteiger partial charge in [0.2, 0.25) is 6.33 Å². The summed E-state index contributed by atoms with van der Waals surface area (Å²) in [5.41, 5.74) is 2.73. The molecule has 1 aromatic heterocycles. The first-order valence-electron chi connectivity index (χ1n) is 6.34. The lowest BCUT2D eigenvalue weighted by Gasteiger charge is -1.94. The van der Waals surface area contributed by atoms with E-state index in [-0.39, 0.29) is 0 Å². The molecule has 0 unspecified atom stereocenters. The topological polar surface area (TPSA) is 8.81 Å². The molecule has 0 fully saturated rings. The summed E-state index contributed by atoms with van der Waals surface area (Å²) in [5.74, 6) is 0. The van der Waals surface area contributed by atoms with Crippen LogP contribution in [0.25, 0.3) is 11.0 Å². The van der Waals surface area contributed by atoms with Crippen molar-refractivity contribution in [2.75, 3.05) is 0 Å².